The van der Waals surface area contributed by atoms with E-state index in [1.807, 2.05) is 19.9 Å². The molecular formula is C29H35N5O2. The highest BCUT2D eigenvalue weighted by Crippen LogP contribution is 2.18. The third kappa shape index (κ3) is 7.09. The summed E-state index contributed by atoms with van der Waals surface area (Å²) in [6, 6.07) is 25.5. The van der Waals surface area contributed by atoms with Crippen molar-refractivity contribution in [1.82, 2.24) is 15.5 Å². The van der Waals surface area contributed by atoms with Crippen LogP contribution in [0.5, 0.6) is 0 Å². The molecular weight excluding hydrogens is 450 g/mol. The molecule has 0 unspecified atom stereocenters. The van der Waals surface area contributed by atoms with Crippen LogP contribution in [0.4, 0.5) is 16.2 Å². The summed E-state index contributed by atoms with van der Waals surface area (Å²) in [7, 11) is 0. The number of para-hydroxylation sites is 1. The Labute approximate surface area is 213 Å². The first-order valence-corrected chi connectivity index (χ1v) is 12.5. The van der Waals surface area contributed by atoms with Crippen molar-refractivity contribution in [2.24, 2.45) is 0 Å². The molecule has 0 radical (unpaired) electrons. The van der Waals surface area contributed by atoms with Gasteiger partial charge in [0, 0.05) is 62.2 Å². The zero-order valence-electron chi connectivity index (χ0n) is 21.0. The zero-order valence-corrected chi connectivity index (χ0v) is 21.0. The lowest BCUT2D eigenvalue weighted by molar-refractivity contribution is 0.0950. The quantitative estimate of drug-likeness (QED) is 0.440. The smallest absolute Gasteiger partial charge is 0.319 e. The summed E-state index contributed by atoms with van der Waals surface area (Å²) < 4.78 is 0. The van der Waals surface area contributed by atoms with Crippen molar-refractivity contribution < 1.29 is 9.59 Å². The summed E-state index contributed by atoms with van der Waals surface area (Å²) in [6.07, 6.45) is 0. The molecule has 1 fully saturated rings. The maximum Gasteiger partial charge on any atom is 0.319 e. The minimum atomic E-state index is -0.291. The predicted octanol–water partition coefficient (Wildman–Crippen LogP) is 4.47. The summed E-state index contributed by atoms with van der Waals surface area (Å²) in [5, 5.41) is 8.59. The second kappa shape index (κ2) is 12.2. The van der Waals surface area contributed by atoms with Crippen molar-refractivity contribution in [2.45, 2.75) is 33.0 Å². The van der Waals surface area contributed by atoms with Crippen LogP contribution in [-0.2, 0) is 13.1 Å². The van der Waals surface area contributed by atoms with Crippen LogP contribution in [0.1, 0.15) is 35.3 Å². The Morgan fingerprint density at radius 1 is 0.833 bits per heavy atom. The van der Waals surface area contributed by atoms with Gasteiger partial charge < -0.3 is 20.9 Å². The van der Waals surface area contributed by atoms with Gasteiger partial charge in [0.2, 0.25) is 0 Å². The molecule has 1 saturated heterocycles. The Morgan fingerprint density at radius 3 is 2.25 bits per heavy atom. The van der Waals surface area contributed by atoms with E-state index in [1.54, 1.807) is 24.3 Å². The number of urea groups is 1. The minimum Gasteiger partial charge on any atom is -0.369 e. The summed E-state index contributed by atoms with van der Waals surface area (Å²) >= 11 is 0. The number of piperazine rings is 1. The number of nitrogens with zero attached hydrogens (tertiary/aromatic N) is 2. The SMILES string of the molecule is CC(C)NC(=O)Nc1cccc(C(=O)NCc2ccccc2CN2CCN(c3ccccc3)CC2)c1. The van der Waals surface area contributed by atoms with E-state index in [0.29, 0.717) is 17.8 Å². The number of rotatable bonds is 8. The van der Waals surface area contributed by atoms with Gasteiger partial charge >= 0.3 is 6.03 Å². The normalized spacial score (nSPS) is 13.9. The van der Waals surface area contributed by atoms with E-state index in [1.165, 1.54) is 11.3 Å². The van der Waals surface area contributed by atoms with E-state index >= 15 is 0 Å². The molecule has 1 aliphatic heterocycles. The second-order valence-electron chi connectivity index (χ2n) is 9.38. The fourth-order valence-corrected chi connectivity index (χ4v) is 4.37. The number of nitrogens with one attached hydrogen (secondary N) is 3. The van der Waals surface area contributed by atoms with Gasteiger partial charge in [-0.15, -0.1) is 0 Å². The molecule has 0 bridgehead atoms. The molecule has 0 atom stereocenters. The van der Waals surface area contributed by atoms with Crippen LogP contribution in [0.2, 0.25) is 0 Å². The Hall–Kier alpha value is -3.84. The molecule has 3 aromatic rings. The molecule has 3 N–H and O–H groups in total. The van der Waals surface area contributed by atoms with Gasteiger partial charge in [-0.2, -0.15) is 0 Å². The van der Waals surface area contributed by atoms with Gasteiger partial charge in [0.05, 0.1) is 0 Å². The zero-order chi connectivity index (χ0) is 25.3. The summed E-state index contributed by atoms with van der Waals surface area (Å²) in [6.45, 7) is 9.10. The number of benzene rings is 3. The molecule has 188 valence electrons. The number of carbonyl (C=O) groups excluding carboxylic acids is 2. The Morgan fingerprint density at radius 2 is 1.53 bits per heavy atom. The maximum atomic E-state index is 12.9. The van der Waals surface area contributed by atoms with E-state index in [2.05, 4.69) is 74.3 Å². The van der Waals surface area contributed by atoms with Gasteiger partial charge in [0.25, 0.3) is 5.91 Å². The summed E-state index contributed by atoms with van der Waals surface area (Å²) in [5.74, 6) is -0.172. The molecule has 0 spiro atoms. The van der Waals surface area contributed by atoms with E-state index in [9.17, 15) is 9.59 Å². The highest BCUT2D eigenvalue weighted by Gasteiger charge is 2.18. The van der Waals surface area contributed by atoms with E-state index in [0.717, 1.165) is 38.3 Å². The standard InChI is InChI=1S/C29H35N5O2/c1-22(2)31-29(36)32-26-12-8-11-23(19-26)28(35)30-20-24-9-6-7-10-25(24)21-33-15-17-34(18-16-33)27-13-4-3-5-14-27/h3-14,19,22H,15-18,20-21H2,1-2H3,(H,30,35)(H2,31,32,36). The van der Waals surface area contributed by atoms with Crippen LogP contribution in [0.25, 0.3) is 0 Å². The first-order chi connectivity index (χ1) is 17.5. The minimum absolute atomic E-state index is 0.0317. The van der Waals surface area contributed by atoms with Crippen molar-refractivity contribution in [3.05, 3.63) is 95.6 Å². The van der Waals surface area contributed by atoms with Gasteiger partial charge in [-0.05, 0) is 55.3 Å². The van der Waals surface area contributed by atoms with Crippen LogP contribution >= 0.6 is 0 Å². The molecule has 36 heavy (non-hydrogen) atoms. The number of anilines is 2. The van der Waals surface area contributed by atoms with Gasteiger partial charge in [-0.3, -0.25) is 9.69 Å². The second-order valence-corrected chi connectivity index (χ2v) is 9.38. The molecule has 1 aliphatic rings. The first kappa shape index (κ1) is 25.3. The van der Waals surface area contributed by atoms with E-state index in [-0.39, 0.29) is 18.0 Å². The Kier molecular flexibility index (Phi) is 8.57. The lowest BCUT2D eigenvalue weighted by atomic mass is 10.1. The average Bonchev–Trinajstić information content (AvgIpc) is 2.88. The molecule has 3 amide bonds. The van der Waals surface area contributed by atoms with Crippen molar-refractivity contribution in [1.29, 1.82) is 0 Å². The highest BCUT2D eigenvalue weighted by molar-refractivity contribution is 5.96. The van der Waals surface area contributed by atoms with Crippen LogP contribution in [0.15, 0.2) is 78.9 Å². The predicted molar refractivity (Wildman–Crippen MR) is 145 cm³/mol. The number of hydrogen-bond acceptors (Lipinski definition) is 4. The van der Waals surface area contributed by atoms with Gasteiger partial charge in [-0.1, -0.05) is 48.5 Å². The molecule has 1 heterocycles. The van der Waals surface area contributed by atoms with E-state index < -0.39 is 0 Å². The molecule has 7 nitrogen and oxygen atoms in total. The third-order valence-electron chi connectivity index (χ3n) is 6.25. The molecule has 3 aromatic carbocycles. The fraction of sp³-hybridized carbons (Fsp3) is 0.310. The molecule has 0 saturated carbocycles. The Balaban J connectivity index is 1.31. The number of carbonyl (C=O) groups is 2. The largest absolute Gasteiger partial charge is 0.369 e. The summed E-state index contributed by atoms with van der Waals surface area (Å²) in [5.41, 5.74) is 4.71. The van der Waals surface area contributed by atoms with Crippen LogP contribution in [0, 0.1) is 0 Å². The fourth-order valence-electron chi connectivity index (χ4n) is 4.37. The van der Waals surface area contributed by atoms with Gasteiger partial charge in [0.1, 0.15) is 0 Å². The lowest BCUT2D eigenvalue weighted by Gasteiger charge is -2.36. The first-order valence-electron chi connectivity index (χ1n) is 12.5. The Bertz CT molecular complexity index is 1160. The van der Waals surface area contributed by atoms with Gasteiger partial charge in [0.15, 0.2) is 0 Å². The highest BCUT2D eigenvalue weighted by atomic mass is 16.2. The molecule has 0 aliphatic carbocycles. The van der Waals surface area contributed by atoms with Crippen LogP contribution in [0.3, 0.4) is 0 Å². The molecule has 0 aromatic heterocycles. The summed E-state index contributed by atoms with van der Waals surface area (Å²) in [4.78, 5) is 29.7. The van der Waals surface area contributed by atoms with Crippen molar-refractivity contribution >= 4 is 23.3 Å². The monoisotopic (exact) mass is 485 g/mol. The van der Waals surface area contributed by atoms with Crippen molar-refractivity contribution in [2.75, 3.05) is 36.4 Å². The molecule has 7 heteroatoms. The van der Waals surface area contributed by atoms with Crippen molar-refractivity contribution in [3.63, 3.8) is 0 Å². The van der Waals surface area contributed by atoms with Crippen LogP contribution in [-0.4, -0.2) is 49.1 Å². The average molecular weight is 486 g/mol. The maximum absolute atomic E-state index is 12.9. The van der Waals surface area contributed by atoms with Crippen LogP contribution < -0.4 is 20.9 Å². The topological polar surface area (TPSA) is 76.7 Å². The third-order valence-corrected chi connectivity index (χ3v) is 6.25. The van der Waals surface area contributed by atoms with E-state index in [4.69, 9.17) is 0 Å². The molecule has 4 rings (SSSR count). The number of hydrogen-bond donors (Lipinski definition) is 3. The lowest BCUT2D eigenvalue weighted by Crippen LogP contribution is -2.46. The van der Waals surface area contributed by atoms with Gasteiger partial charge in [-0.25, -0.2) is 4.79 Å². The van der Waals surface area contributed by atoms with Crippen molar-refractivity contribution in [3.8, 4) is 0 Å². The number of amides is 3.